The molecule has 0 aromatic rings. The monoisotopic (exact) mass is 141 g/mol. The molecule has 0 bridgehead atoms. The molecule has 2 nitrogen and oxygen atoms in total. The lowest BCUT2D eigenvalue weighted by Gasteiger charge is -2.34. The molecule has 0 saturated carbocycles. The molecule has 3 heteroatoms. The van der Waals surface area contributed by atoms with Gasteiger partial charge in [0, 0.05) is 6.61 Å². The van der Waals surface area contributed by atoms with Crippen LogP contribution in [0.4, 0.5) is 0 Å². The van der Waals surface area contributed by atoms with Gasteiger partial charge >= 0.3 is 0 Å². The molecule has 0 radical (unpaired) electrons. The Labute approximate surface area is 63.7 Å². The van der Waals surface area contributed by atoms with Gasteiger partial charge in [0.15, 0.2) is 7.98 Å². The zero-order valence-electron chi connectivity index (χ0n) is 6.88. The SMILES string of the molecule is BN1CCC(C)C(CO)C1. The topological polar surface area (TPSA) is 23.5 Å². The number of aliphatic hydroxyl groups is 1. The summed E-state index contributed by atoms with van der Waals surface area (Å²) in [7, 11) is 2.12. The van der Waals surface area contributed by atoms with Crippen molar-refractivity contribution in [1.29, 1.82) is 0 Å². The molecule has 0 amide bonds. The molecule has 2 unspecified atom stereocenters. The third kappa shape index (κ3) is 1.73. The van der Waals surface area contributed by atoms with Gasteiger partial charge in [-0.3, -0.25) is 0 Å². The number of hydrogen-bond donors (Lipinski definition) is 1. The number of piperidine rings is 1. The van der Waals surface area contributed by atoms with Crippen molar-refractivity contribution in [2.24, 2.45) is 11.8 Å². The van der Waals surface area contributed by atoms with Gasteiger partial charge in [-0.1, -0.05) is 6.92 Å². The predicted octanol–water partition coefficient (Wildman–Crippen LogP) is -0.515. The highest BCUT2D eigenvalue weighted by Crippen LogP contribution is 2.20. The van der Waals surface area contributed by atoms with E-state index in [1.165, 1.54) is 13.0 Å². The van der Waals surface area contributed by atoms with Gasteiger partial charge in [0.05, 0.1) is 0 Å². The number of nitrogens with zero attached hydrogens (tertiary/aromatic N) is 1. The van der Waals surface area contributed by atoms with Gasteiger partial charge in [-0.05, 0) is 31.3 Å². The summed E-state index contributed by atoms with van der Waals surface area (Å²) in [5.41, 5.74) is 0. The fourth-order valence-electron chi connectivity index (χ4n) is 1.57. The molecule has 0 aromatic carbocycles. The third-order valence-electron chi connectivity index (χ3n) is 2.55. The highest BCUT2D eigenvalue weighted by molar-refractivity contribution is 6.04. The van der Waals surface area contributed by atoms with E-state index in [0.29, 0.717) is 18.4 Å². The molecule has 1 saturated heterocycles. The van der Waals surface area contributed by atoms with E-state index in [0.717, 1.165) is 6.54 Å². The van der Waals surface area contributed by atoms with Gasteiger partial charge in [0.1, 0.15) is 0 Å². The molecule has 1 N–H and O–H groups in total. The van der Waals surface area contributed by atoms with Crippen LogP contribution in [-0.2, 0) is 0 Å². The zero-order chi connectivity index (χ0) is 7.56. The zero-order valence-corrected chi connectivity index (χ0v) is 6.88. The summed E-state index contributed by atoms with van der Waals surface area (Å²) >= 11 is 0. The van der Waals surface area contributed by atoms with Gasteiger partial charge in [-0.15, -0.1) is 0 Å². The number of aliphatic hydroxyl groups excluding tert-OH is 1. The maximum Gasteiger partial charge on any atom is 0.185 e. The second kappa shape index (κ2) is 3.40. The molecule has 1 fully saturated rings. The Bertz CT molecular complexity index is 110. The van der Waals surface area contributed by atoms with Crippen molar-refractivity contribution in [1.82, 2.24) is 4.81 Å². The molecule has 0 spiro atoms. The van der Waals surface area contributed by atoms with E-state index in [1.807, 2.05) is 0 Å². The fraction of sp³-hybridized carbons (Fsp3) is 1.00. The minimum Gasteiger partial charge on any atom is -0.396 e. The van der Waals surface area contributed by atoms with Crippen LogP contribution in [0.3, 0.4) is 0 Å². The quantitative estimate of drug-likeness (QED) is 0.497. The molecule has 1 aliphatic heterocycles. The third-order valence-corrected chi connectivity index (χ3v) is 2.55. The Morgan fingerprint density at radius 1 is 1.70 bits per heavy atom. The van der Waals surface area contributed by atoms with Crippen LogP contribution in [-0.4, -0.2) is 37.6 Å². The van der Waals surface area contributed by atoms with Crippen molar-refractivity contribution < 1.29 is 5.11 Å². The second-order valence-electron chi connectivity index (χ2n) is 3.47. The van der Waals surface area contributed by atoms with Crippen LogP contribution in [0, 0.1) is 11.8 Å². The molecular weight excluding hydrogens is 125 g/mol. The summed E-state index contributed by atoms with van der Waals surface area (Å²) in [5, 5.41) is 8.95. The highest BCUT2D eigenvalue weighted by atomic mass is 16.3. The van der Waals surface area contributed by atoms with Gasteiger partial charge < -0.3 is 9.92 Å². The average molecular weight is 141 g/mol. The smallest absolute Gasteiger partial charge is 0.185 e. The van der Waals surface area contributed by atoms with Crippen LogP contribution < -0.4 is 0 Å². The van der Waals surface area contributed by atoms with Crippen LogP contribution >= 0.6 is 0 Å². The maximum atomic E-state index is 8.95. The van der Waals surface area contributed by atoms with Crippen LogP contribution in [0.15, 0.2) is 0 Å². The standard InChI is InChI=1S/C7H16BNO/c1-6-2-3-9(8)4-7(6)5-10/h6-7,10H,2-5,8H2,1H3. The van der Waals surface area contributed by atoms with E-state index in [1.54, 1.807) is 0 Å². The number of hydrogen-bond acceptors (Lipinski definition) is 2. The van der Waals surface area contributed by atoms with Gasteiger partial charge in [-0.25, -0.2) is 0 Å². The van der Waals surface area contributed by atoms with E-state index < -0.39 is 0 Å². The summed E-state index contributed by atoms with van der Waals surface area (Å²) in [6.07, 6.45) is 1.24. The van der Waals surface area contributed by atoms with Gasteiger partial charge in [0.2, 0.25) is 0 Å². The maximum absolute atomic E-state index is 8.95. The molecule has 58 valence electrons. The fourth-order valence-corrected chi connectivity index (χ4v) is 1.57. The van der Waals surface area contributed by atoms with Crippen molar-refractivity contribution >= 4 is 7.98 Å². The van der Waals surface area contributed by atoms with E-state index >= 15 is 0 Å². The first-order valence-corrected chi connectivity index (χ1v) is 4.03. The first-order valence-electron chi connectivity index (χ1n) is 4.03. The van der Waals surface area contributed by atoms with E-state index in [4.69, 9.17) is 5.11 Å². The summed E-state index contributed by atoms with van der Waals surface area (Å²) in [6.45, 7) is 4.84. The largest absolute Gasteiger partial charge is 0.396 e. The Morgan fingerprint density at radius 3 is 2.90 bits per heavy atom. The first-order chi connectivity index (χ1) is 4.74. The lowest BCUT2D eigenvalue weighted by atomic mass is 9.86. The molecule has 1 rings (SSSR count). The minimum absolute atomic E-state index is 0.353. The van der Waals surface area contributed by atoms with Crippen molar-refractivity contribution in [3.8, 4) is 0 Å². The molecule has 1 aliphatic rings. The van der Waals surface area contributed by atoms with Crippen LogP contribution in [0.25, 0.3) is 0 Å². The van der Waals surface area contributed by atoms with Gasteiger partial charge in [0.25, 0.3) is 0 Å². The minimum atomic E-state index is 0.353. The summed E-state index contributed by atoms with van der Waals surface area (Å²) < 4.78 is 0. The second-order valence-corrected chi connectivity index (χ2v) is 3.47. The molecule has 0 aromatic heterocycles. The van der Waals surface area contributed by atoms with E-state index in [9.17, 15) is 0 Å². The van der Waals surface area contributed by atoms with E-state index in [2.05, 4.69) is 19.7 Å². The van der Waals surface area contributed by atoms with E-state index in [-0.39, 0.29) is 0 Å². The van der Waals surface area contributed by atoms with Crippen molar-refractivity contribution in [2.45, 2.75) is 13.3 Å². The molecular formula is C7H16BNO. The predicted molar refractivity (Wildman–Crippen MR) is 44.5 cm³/mol. The highest BCUT2D eigenvalue weighted by Gasteiger charge is 2.22. The van der Waals surface area contributed by atoms with Crippen LogP contribution in [0.5, 0.6) is 0 Å². The molecule has 2 atom stereocenters. The normalized spacial score (nSPS) is 36.2. The Morgan fingerprint density at radius 2 is 2.40 bits per heavy atom. The summed E-state index contributed by atoms with van der Waals surface area (Å²) in [6, 6.07) is 0. The lowest BCUT2D eigenvalue weighted by Crippen LogP contribution is -2.39. The van der Waals surface area contributed by atoms with Crippen molar-refractivity contribution in [3.63, 3.8) is 0 Å². The Kier molecular flexibility index (Phi) is 2.75. The Hall–Kier alpha value is -0.0151. The van der Waals surface area contributed by atoms with Crippen LogP contribution in [0.1, 0.15) is 13.3 Å². The molecule has 10 heavy (non-hydrogen) atoms. The van der Waals surface area contributed by atoms with Crippen molar-refractivity contribution in [2.75, 3.05) is 19.7 Å². The Balaban J connectivity index is 2.38. The summed E-state index contributed by atoms with van der Waals surface area (Å²) in [4.78, 5) is 2.29. The van der Waals surface area contributed by atoms with Crippen LogP contribution in [0.2, 0.25) is 0 Å². The first kappa shape index (κ1) is 8.09. The van der Waals surface area contributed by atoms with Gasteiger partial charge in [-0.2, -0.15) is 0 Å². The lowest BCUT2D eigenvalue weighted by molar-refractivity contribution is 0.121. The summed E-state index contributed by atoms with van der Waals surface area (Å²) in [5.74, 6) is 1.22. The number of rotatable bonds is 1. The molecule has 1 heterocycles. The molecule has 0 aliphatic carbocycles. The van der Waals surface area contributed by atoms with Crippen molar-refractivity contribution in [3.05, 3.63) is 0 Å². The average Bonchev–Trinajstić information content (AvgIpc) is 1.94.